The van der Waals surface area contributed by atoms with Gasteiger partial charge < -0.3 is 15.0 Å². The molecule has 0 unspecified atom stereocenters. The van der Waals surface area contributed by atoms with Crippen LogP contribution in [-0.2, 0) is 19.1 Å². The molecule has 27 heavy (non-hydrogen) atoms. The Morgan fingerprint density at radius 2 is 2.22 bits per heavy atom. The summed E-state index contributed by atoms with van der Waals surface area (Å²) >= 11 is 1.55. The molecule has 0 spiro atoms. The monoisotopic (exact) mass is 393 g/mol. The fourth-order valence-electron chi connectivity index (χ4n) is 3.32. The molecule has 2 fully saturated rings. The second-order valence-corrected chi connectivity index (χ2v) is 8.18. The highest BCUT2D eigenvalue weighted by Gasteiger charge is 2.53. The Kier molecular flexibility index (Phi) is 5.09. The highest BCUT2D eigenvalue weighted by Crippen LogP contribution is 2.47. The van der Waals surface area contributed by atoms with Crippen LogP contribution < -0.4 is 5.32 Å². The van der Waals surface area contributed by atoms with E-state index in [0.717, 1.165) is 0 Å². The van der Waals surface area contributed by atoms with Crippen molar-refractivity contribution in [2.24, 2.45) is 0 Å². The van der Waals surface area contributed by atoms with Gasteiger partial charge in [0.05, 0.1) is 9.79 Å². The number of benzene rings is 1. The van der Waals surface area contributed by atoms with E-state index in [-0.39, 0.29) is 16.5 Å². The Morgan fingerprint density at radius 3 is 2.89 bits per heavy atom. The quantitative estimate of drug-likeness (QED) is 0.460. The lowest BCUT2D eigenvalue weighted by molar-refractivity contribution is -0.384. The van der Waals surface area contributed by atoms with Crippen molar-refractivity contribution < 1.29 is 24.0 Å². The smallest absolute Gasteiger partial charge is 0.330 e. The average molecular weight is 393 g/mol. The van der Waals surface area contributed by atoms with Crippen molar-refractivity contribution in [1.29, 1.82) is 0 Å². The molecule has 0 aromatic heterocycles. The molecule has 2 atom stereocenters. The molecule has 0 bridgehead atoms. The van der Waals surface area contributed by atoms with Crippen molar-refractivity contribution >= 4 is 40.9 Å². The number of esters is 1. The number of carbonyl (C=O) groups is 3. The number of ether oxygens (including phenoxy) is 1. The molecule has 1 aromatic carbocycles. The van der Waals surface area contributed by atoms with E-state index in [1.54, 1.807) is 23.6 Å². The zero-order chi connectivity index (χ0) is 19.8. The second kappa shape index (κ2) is 7.18. The normalized spacial score (nSPS) is 23.9. The number of nitrogens with zero attached hydrogens (tertiary/aromatic N) is 2. The van der Waals surface area contributed by atoms with Gasteiger partial charge in [-0.1, -0.05) is 0 Å². The summed E-state index contributed by atoms with van der Waals surface area (Å²) in [6, 6.07) is 3.38. The fourth-order valence-corrected chi connectivity index (χ4v) is 4.73. The zero-order valence-electron chi connectivity index (χ0n) is 14.9. The van der Waals surface area contributed by atoms with Gasteiger partial charge in [0, 0.05) is 30.0 Å². The van der Waals surface area contributed by atoms with E-state index in [9.17, 15) is 24.5 Å². The first-order valence-corrected chi connectivity index (χ1v) is 9.37. The molecule has 0 saturated carbocycles. The maximum Gasteiger partial charge on any atom is 0.330 e. The van der Waals surface area contributed by atoms with E-state index in [4.69, 9.17) is 4.74 Å². The van der Waals surface area contributed by atoms with Gasteiger partial charge in [0.1, 0.15) is 6.04 Å². The third-order valence-electron chi connectivity index (χ3n) is 4.76. The summed E-state index contributed by atoms with van der Waals surface area (Å²) in [5.41, 5.74) is 0.851. The molecule has 10 heteroatoms. The number of nitrogens with one attached hydrogen (secondary N) is 1. The van der Waals surface area contributed by atoms with Crippen molar-refractivity contribution in [3.8, 4) is 0 Å². The standard InChI is InChI=1S/C17H19N3O6S/c1-10-7-11(20(24)25)3-4-12(10)18-14(21)8-26-16(23)13-9-27-17(2)6-5-15(22)19(13)17/h3-4,7,13H,5-6,8-9H2,1-2H3,(H,18,21)/t13-,17-/m1/s1. The molecule has 0 aliphatic carbocycles. The first-order chi connectivity index (χ1) is 12.7. The Bertz CT molecular complexity index is 829. The lowest BCUT2D eigenvalue weighted by Crippen LogP contribution is -2.47. The first-order valence-electron chi connectivity index (χ1n) is 8.39. The van der Waals surface area contributed by atoms with E-state index < -0.39 is 29.4 Å². The van der Waals surface area contributed by atoms with Crippen molar-refractivity contribution in [1.82, 2.24) is 4.90 Å². The Labute approximate surface area is 159 Å². The number of aryl methyl sites for hydroxylation is 1. The number of thioether (sulfide) groups is 1. The fraction of sp³-hybridized carbons (Fsp3) is 0.471. The molecule has 0 radical (unpaired) electrons. The van der Waals surface area contributed by atoms with Gasteiger partial charge >= 0.3 is 5.97 Å². The number of nitro benzene ring substituents is 1. The van der Waals surface area contributed by atoms with E-state index >= 15 is 0 Å². The summed E-state index contributed by atoms with van der Waals surface area (Å²) in [7, 11) is 0. The van der Waals surface area contributed by atoms with Gasteiger partial charge in [0.25, 0.3) is 11.6 Å². The number of hydrogen-bond acceptors (Lipinski definition) is 7. The van der Waals surface area contributed by atoms with Gasteiger partial charge in [-0.05, 0) is 31.9 Å². The lowest BCUT2D eigenvalue weighted by Gasteiger charge is -2.29. The van der Waals surface area contributed by atoms with Gasteiger partial charge in [0.2, 0.25) is 5.91 Å². The van der Waals surface area contributed by atoms with Crippen LogP contribution in [0.4, 0.5) is 11.4 Å². The van der Waals surface area contributed by atoms with Crippen molar-refractivity contribution in [2.45, 2.75) is 37.6 Å². The lowest BCUT2D eigenvalue weighted by atomic mass is 10.2. The van der Waals surface area contributed by atoms with Gasteiger partial charge in [-0.25, -0.2) is 4.79 Å². The van der Waals surface area contributed by atoms with E-state index in [1.165, 1.54) is 18.2 Å². The Balaban J connectivity index is 1.56. The highest BCUT2D eigenvalue weighted by atomic mass is 32.2. The largest absolute Gasteiger partial charge is 0.454 e. The summed E-state index contributed by atoms with van der Waals surface area (Å²) in [5, 5.41) is 13.3. The van der Waals surface area contributed by atoms with Crippen LogP contribution in [0.3, 0.4) is 0 Å². The van der Waals surface area contributed by atoms with Crippen molar-refractivity contribution in [3.05, 3.63) is 33.9 Å². The maximum atomic E-state index is 12.3. The highest BCUT2D eigenvalue weighted by molar-refractivity contribution is 8.01. The number of non-ortho nitro benzene ring substituents is 1. The summed E-state index contributed by atoms with van der Waals surface area (Å²) in [5.74, 6) is -0.779. The number of rotatable bonds is 5. The molecule has 9 nitrogen and oxygen atoms in total. The van der Waals surface area contributed by atoms with Crippen LogP contribution in [-0.4, -0.2) is 50.9 Å². The summed E-state index contributed by atoms with van der Waals surface area (Å²) in [6.45, 7) is 3.07. The molecule has 3 rings (SSSR count). The molecule has 1 N–H and O–H groups in total. The minimum absolute atomic E-state index is 0.0737. The summed E-state index contributed by atoms with van der Waals surface area (Å²) in [6.07, 6.45) is 1.10. The van der Waals surface area contributed by atoms with Crippen LogP contribution in [0.2, 0.25) is 0 Å². The number of fused-ring (bicyclic) bond motifs is 1. The predicted molar refractivity (Wildman–Crippen MR) is 98.2 cm³/mol. The van der Waals surface area contributed by atoms with Crippen molar-refractivity contribution in [2.75, 3.05) is 17.7 Å². The molecule has 2 amide bonds. The van der Waals surface area contributed by atoms with Crippen LogP contribution in [0.1, 0.15) is 25.3 Å². The number of anilines is 1. The Morgan fingerprint density at radius 1 is 1.48 bits per heavy atom. The van der Waals surface area contributed by atoms with E-state index in [1.807, 2.05) is 6.92 Å². The second-order valence-electron chi connectivity index (χ2n) is 6.68. The van der Waals surface area contributed by atoms with Crippen LogP contribution in [0.15, 0.2) is 18.2 Å². The SMILES string of the molecule is Cc1cc([N+](=O)[O-])ccc1NC(=O)COC(=O)[C@H]1CS[C@]2(C)CCC(=O)N12. The Hall–Kier alpha value is -2.62. The predicted octanol–water partition coefficient (Wildman–Crippen LogP) is 1.84. The van der Waals surface area contributed by atoms with Crippen molar-refractivity contribution in [3.63, 3.8) is 0 Å². The third kappa shape index (κ3) is 3.75. The minimum atomic E-state index is -0.677. The molecule has 1 aromatic rings. The number of hydrogen-bond donors (Lipinski definition) is 1. The first kappa shape index (κ1) is 19.2. The van der Waals surface area contributed by atoms with Crippen LogP contribution >= 0.6 is 11.8 Å². The van der Waals surface area contributed by atoms with Crippen LogP contribution in [0.25, 0.3) is 0 Å². The average Bonchev–Trinajstić information content (AvgIpc) is 3.10. The van der Waals surface area contributed by atoms with Crippen LogP contribution in [0.5, 0.6) is 0 Å². The molecular formula is C17H19N3O6S. The number of nitro groups is 1. The van der Waals surface area contributed by atoms with Crippen LogP contribution in [0, 0.1) is 17.0 Å². The van der Waals surface area contributed by atoms with E-state index in [0.29, 0.717) is 29.8 Å². The third-order valence-corrected chi connectivity index (χ3v) is 6.26. The maximum absolute atomic E-state index is 12.3. The van der Waals surface area contributed by atoms with Gasteiger partial charge in [0.15, 0.2) is 6.61 Å². The van der Waals surface area contributed by atoms with Gasteiger partial charge in [-0.15, -0.1) is 11.8 Å². The molecule has 144 valence electrons. The topological polar surface area (TPSA) is 119 Å². The molecule has 2 saturated heterocycles. The summed E-state index contributed by atoms with van der Waals surface area (Å²) < 4.78 is 5.10. The zero-order valence-corrected chi connectivity index (χ0v) is 15.7. The molecule has 2 aliphatic rings. The number of amides is 2. The van der Waals surface area contributed by atoms with Gasteiger partial charge in [-0.2, -0.15) is 0 Å². The molecule has 2 heterocycles. The number of carbonyl (C=O) groups excluding carboxylic acids is 3. The molecular weight excluding hydrogens is 374 g/mol. The minimum Gasteiger partial charge on any atom is -0.454 e. The van der Waals surface area contributed by atoms with E-state index in [2.05, 4.69) is 5.32 Å². The molecule has 2 aliphatic heterocycles. The summed E-state index contributed by atoms with van der Waals surface area (Å²) in [4.78, 5) is 47.8. The van der Waals surface area contributed by atoms with Gasteiger partial charge in [-0.3, -0.25) is 19.7 Å².